The van der Waals surface area contributed by atoms with Gasteiger partial charge >= 0.3 is 17.9 Å². The topological polar surface area (TPSA) is 203 Å². The molecule has 46 heavy (non-hydrogen) atoms. The predicted molar refractivity (Wildman–Crippen MR) is 156 cm³/mol. The number of aliphatic hydroxyl groups is 2. The van der Waals surface area contributed by atoms with Crippen LogP contribution < -0.4 is 19.5 Å². The molecule has 1 aromatic carbocycles. The molecule has 0 radical (unpaired) electrons. The Kier molecular flexibility index (Phi) is 10.5. The molecule has 14 nitrogen and oxygen atoms in total. The van der Waals surface area contributed by atoms with Gasteiger partial charge in [0.2, 0.25) is 6.79 Å². The molecule has 3 heterocycles. The number of esters is 2. The fourth-order valence-electron chi connectivity index (χ4n) is 7.04. The summed E-state index contributed by atoms with van der Waals surface area (Å²) in [4.78, 5) is 46.1. The van der Waals surface area contributed by atoms with Gasteiger partial charge in [-0.15, -0.1) is 0 Å². The van der Waals surface area contributed by atoms with Crippen LogP contribution in [-0.2, 0) is 39.8 Å². The summed E-state index contributed by atoms with van der Waals surface area (Å²) >= 11 is 0. The SMILES string of the molecule is COC(=O)C[C@@](O)(CCCC(C)(C)O)C(=O)O[C@@H]1C(OC)=C[C@]23CCC[NH+]2CCc2cc4c(cc2[C@H]13)OCO4.O=C([O-])CC(=O)O. The molecule has 3 aliphatic heterocycles. The number of hydrogen-bond donors (Lipinski definition) is 4. The van der Waals surface area contributed by atoms with Crippen LogP contribution >= 0.6 is 0 Å². The molecule has 5 atom stereocenters. The van der Waals surface area contributed by atoms with Gasteiger partial charge in [-0.05, 0) is 56.4 Å². The molecule has 14 heteroatoms. The monoisotopic (exact) mass is 649 g/mol. The molecule has 0 aromatic heterocycles. The van der Waals surface area contributed by atoms with Crippen LogP contribution in [0.25, 0.3) is 0 Å². The van der Waals surface area contributed by atoms with E-state index in [1.54, 1.807) is 21.0 Å². The van der Waals surface area contributed by atoms with Crippen LogP contribution in [0.5, 0.6) is 11.5 Å². The van der Waals surface area contributed by atoms with Gasteiger partial charge in [0.05, 0.1) is 57.6 Å². The number of methoxy groups -OCH3 is 2. The second-order valence-corrected chi connectivity index (χ2v) is 12.8. The van der Waals surface area contributed by atoms with Gasteiger partial charge in [0, 0.05) is 25.3 Å². The molecule has 1 spiro atoms. The maximum absolute atomic E-state index is 13.8. The normalized spacial score (nSPS) is 25.3. The van der Waals surface area contributed by atoms with Gasteiger partial charge in [0.25, 0.3) is 0 Å². The number of carbonyl (C=O) groups is 4. The zero-order valence-electron chi connectivity index (χ0n) is 26.6. The minimum absolute atomic E-state index is 0.0634. The van der Waals surface area contributed by atoms with E-state index in [0.29, 0.717) is 30.1 Å². The summed E-state index contributed by atoms with van der Waals surface area (Å²) in [6, 6.07) is 4.03. The molecule has 1 unspecified atom stereocenters. The maximum atomic E-state index is 13.8. The lowest BCUT2D eigenvalue weighted by molar-refractivity contribution is -0.932. The van der Waals surface area contributed by atoms with Gasteiger partial charge < -0.3 is 53.8 Å². The van der Waals surface area contributed by atoms with Crippen LogP contribution in [-0.4, -0.2) is 96.1 Å². The second-order valence-electron chi connectivity index (χ2n) is 12.8. The van der Waals surface area contributed by atoms with Crippen LogP contribution in [0, 0.1) is 0 Å². The molecule has 0 bridgehead atoms. The number of carbonyl (C=O) groups excluding carboxylic acids is 3. The average molecular weight is 650 g/mol. The Morgan fingerprint density at radius 1 is 1.09 bits per heavy atom. The predicted octanol–water partition coefficient (Wildman–Crippen LogP) is -0.625. The first kappa shape index (κ1) is 35.0. The Morgan fingerprint density at radius 3 is 2.37 bits per heavy atom. The van der Waals surface area contributed by atoms with Crippen molar-refractivity contribution < 1.29 is 68.2 Å². The Balaban J connectivity index is 0.000000617. The summed E-state index contributed by atoms with van der Waals surface area (Å²) in [5, 5.41) is 38.6. The van der Waals surface area contributed by atoms with E-state index < -0.39 is 54.0 Å². The standard InChI is InChI=1S/C29H39NO9.C3H4O4/c1-27(2,33)8-5-10-29(34,16-23(31)36-4)26(32)39-25-22(35-3)15-28-9-6-11-30(28)12-7-18-13-20-21(38-17-37-20)14-19(18)24(25)28;4-2(5)1-3(6)7/h13-15,24-25,33-34H,5-12,16-17H2,1-4H3;1H2,(H,4,5)(H,6,7)/t24-,25-,28+,29+;/m1./s1. The van der Waals surface area contributed by atoms with Crippen molar-refractivity contribution in [2.24, 2.45) is 0 Å². The average Bonchev–Trinajstić information content (AvgIpc) is 3.65. The molecular weight excluding hydrogens is 606 g/mol. The minimum atomic E-state index is -2.11. The summed E-state index contributed by atoms with van der Waals surface area (Å²) in [5.74, 6) is -2.91. The van der Waals surface area contributed by atoms with Gasteiger partial charge in [0.1, 0.15) is 11.3 Å². The van der Waals surface area contributed by atoms with E-state index in [-0.39, 0.29) is 24.7 Å². The quantitative estimate of drug-likeness (QED) is 0.175. The number of quaternary nitrogens is 1. The smallest absolute Gasteiger partial charge is 0.339 e. The third kappa shape index (κ3) is 7.56. The van der Waals surface area contributed by atoms with Crippen LogP contribution in [0.3, 0.4) is 0 Å². The molecule has 1 saturated heterocycles. The molecule has 1 aromatic rings. The Hall–Kier alpha value is -3.88. The van der Waals surface area contributed by atoms with Gasteiger partial charge in [-0.25, -0.2) is 4.79 Å². The summed E-state index contributed by atoms with van der Waals surface area (Å²) in [7, 11) is 2.77. The summed E-state index contributed by atoms with van der Waals surface area (Å²) in [5.41, 5.74) is -1.29. The largest absolute Gasteiger partial charge is 0.550 e. The zero-order valence-corrected chi connectivity index (χ0v) is 26.6. The third-order valence-electron chi connectivity index (χ3n) is 9.12. The molecular formula is C32H43NO13. The molecule has 5 rings (SSSR count). The first-order valence-electron chi connectivity index (χ1n) is 15.3. The number of ether oxygens (including phenoxy) is 5. The number of nitrogens with one attached hydrogen (secondary N) is 1. The first-order valence-corrected chi connectivity index (χ1v) is 15.3. The summed E-state index contributed by atoms with van der Waals surface area (Å²) in [6.45, 7) is 5.39. The van der Waals surface area contributed by atoms with E-state index in [1.807, 2.05) is 12.1 Å². The number of carboxylic acids is 2. The van der Waals surface area contributed by atoms with Crippen LogP contribution in [0.15, 0.2) is 24.0 Å². The van der Waals surface area contributed by atoms with E-state index in [4.69, 9.17) is 28.8 Å². The maximum Gasteiger partial charge on any atom is 0.339 e. The highest BCUT2D eigenvalue weighted by Gasteiger charge is 2.62. The van der Waals surface area contributed by atoms with Crippen molar-refractivity contribution in [3.8, 4) is 11.5 Å². The highest BCUT2D eigenvalue weighted by atomic mass is 16.7. The molecule has 0 amide bonds. The number of fused-ring (bicyclic) bond motifs is 3. The Morgan fingerprint density at radius 2 is 1.78 bits per heavy atom. The van der Waals surface area contributed by atoms with E-state index in [2.05, 4.69) is 6.08 Å². The molecule has 1 fully saturated rings. The lowest BCUT2D eigenvalue weighted by atomic mass is 9.77. The Labute approximate surface area is 266 Å². The van der Waals surface area contributed by atoms with Gasteiger partial charge in [-0.3, -0.25) is 9.59 Å². The van der Waals surface area contributed by atoms with Crippen LogP contribution in [0.1, 0.15) is 75.8 Å². The van der Waals surface area contributed by atoms with Gasteiger partial charge in [-0.2, -0.15) is 0 Å². The van der Waals surface area contributed by atoms with Crippen molar-refractivity contribution >= 4 is 23.9 Å². The molecule has 1 aliphatic carbocycles. The molecule has 0 saturated carbocycles. The Bertz CT molecular complexity index is 1360. The number of benzene rings is 1. The van der Waals surface area contributed by atoms with E-state index in [9.17, 15) is 34.5 Å². The van der Waals surface area contributed by atoms with Crippen molar-refractivity contribution in [2.75, 3.05) is 34.1 Å². The fraction of sp³-hybridized carbons (Fsp3) is 0.625. The van der Waals surface area contributed by atoms with Crippen molar-refractivity contribution in [1.29, 1.82) is 0 Å². The van der Waals surface area contributed by atoms with E-state index in [0.717, 1.165) is 43.5 Å². The van der Waals surface area contributed by atoms with E-state index in [1.165, 1.54) is 12.0 Å². The number of carboxylic acid groups (broad SMARTS) is 2. The summed E-state index contributed by atoms with van der Waals surface area (Å²) < 4.78 is 28.1. The van der Waals surface area contributed by atoms with Crippen molar-refractivity contribution in [2.45, 2.75) is 94.0 Å². The van der Waals surface area contributed by atoms with Crippen molar-refractivity contribution in [1.82, 2.24) is 0 Å². The molecule has 4 aliphatic rings. The fourth-order valence-corrected chi connectivity index (χ4v) is 7.04. The van der Waals surface area contributed by atoms with Gasteiger partial charge in [-0.1, -0.05) is 0 Å². The highest BCUT2D eigenvalue weighted by molar-refractivity contribution is 5.87. The van der Waals surface area contributed by atoms with Crippen LogP contribution in [0.4, 0.5) is 0 Å². The van der Waals surface area contributed by atoms with Crippen molar-refractivity contribution in [3.05, 3.63) is 35.1 Å². The molecule has 254 valence electrons. The minimum Gasteiger partial charge on any atom is -0.550 e. The third-order valence-corrected chi connectivity index (χ3v) is 9.12. The lowest BCUT2D eigenvalue weighted by Gasteiger charge is -2.37. The second kappa shape index (κ2) is 13.9. The first-order chi connectivity index (χ1) is 21.6. The van der Waals surface area contributed by atoms with Crippen molar-refractivity contribution in [3.63, 3.8) is 0 Å². The number of hydrogen-bond acceptors (Lipinski definition) is 12. The lowest BCUT2D eigenvalue weighted by Crippen LogP contribution is -3.18. The summed E-state index contributed by atoms with van der Waals surface area (Å²) in [6.07, 6.45) is 3.21. The number of aliphatic carboxylic acids is 2. The molecule has 4 N–H and O–H groups in total. The number of rotatable bonds is 11. The zero-order chi connectivity index (χ0) is 33.9. The van der Waals surface area contributed by atoms with Gasteiger partial charge in [0.15, 0.2) is 23.2 Å². The highest BCUT2D eigenvalue weighted by Crippen LogP contribution is 2.50. The van der Waals surface area contributed by atoms with E-state index >= 15 is 0 Å². The van der Waals surface area contributed by atoms with Crippen LogP contribution in [0.2, 0.25) is 0 Å².